The number of amides is 1. The summed E-state index contributed by atoms with van der Waals surface area (Å²) in [6.07, 6.45) is 1.47. The Morgan fingerprint density at radius 1 is 1.36 bits per heavy atom. The second-order valence-electron chi connectivity index (χ2n) is 4.56. The van der Waals surface area contributed by atoms with Crippen molar-refractivity contribution in [1.82, 2.24) is 4.98 Å². The molecule has 0 unspecified atom stereocenters. The lowest BCUT2D eigenvalue weighted by Gasteiger charge is -2.18. The van der Waals surface area contributed by atoms with E-state index in [2.05, 4.69) is 4.98 Å². The van der Waals surface area contributed by atoms with Gasteiger partial charge in [0, 0.05) is 30.4 Å². The third-order valence-electron chi connectivity index (χ3n) is 3.26. The zero-order chi connectivity index (χ0) is 16.3. The third kappa shape index (κ3) is 2.62. The first-order valence-corrected chi connectivity index (χ1v) is 6.34. The van der Waals surface area contributed by atoms with Crippen molar-refractivity contribution in [3.05, 3.63) is 63.3 Å². The molecule has 1 heterocycles. The van der Waals surface area contributed by atoms with Crippen molar-refractivity contribution in [2.45, 2.75) is 6.92 Å². The highest BCUT2D eigenvalue weighted by Gasteiger charge is 2.23. The number of nitro groups is 1. The number of benzene rings is 1. The molecule has 1 amide bonds. The Kier molecular flexibility index (Phi) is 4.13. The quantitative estimate of drug-likeness (QED) is 0.639. The van der Waals surface area contributed by atoms with Crippen LogP contribution in [0.5, 0.6) is 0 Å². The second kappa shape index (κ2) is 6.01. The molecular weight excluding hydrogens is 284 g/mol. The summed E-state index contributed by atoms with van der Waals surface area (Å²) in [5, 5.41) is 20.0. The van der Waals surface area contributed by atoms with Crippen LogP contribution in [0.15, 0.2) is 36.5 Å². The minimum atomic E-state index is -0.534. The average Bonchev–Trinajstić information content (AvgIpc) is 2.53. The highest BCUT2D eigenvalue weighted by molar-refractivity contribution is 6.07. The number of anilines is 1. The van der Waals surface area contributed by atoms with E-state index >= 15 is 0 Å². The number of carbonyl (C=O) groups is 1. The van der Waals surface area contributed by atoms with Crippen LogP contribution < -0.4 is 4.90 Å². The molecule has 0 saturated heterocycles. The van der Waals surface area contributed by atoms with Crippen LogP contribution in [-0.4, -0.2) is 22.9 Å². The highest BCUT2D eigenvalue weighted by atomic mass is 16.6. The normalized spacial score (nSPS) is 9.86. The fraction of sp³-hybridized carbons (Fsp3) is 0.133. The van der Waals surface area contributed by atoms with Crippen LogP contribution in [-0.2, 0) is 0 Å². The van der Waals surface area contributed by atoms with E-state index in [0.717, 1.165) is 0 Å². The Morgan fingerprint density at radius 3 is 2.73 bits per heavy atom. The maximum atomic E-state index is 12.6. The van der Waals surface area contributed by atoms with E-state index in [1.807, 2.05) is 6.07 Å². The fourth-order valence-corrected chi connectivity index (χ4v) is 2.08. The van der Waals surface area contributed by atoms with Crippen LogP contribution >= 0.6 is 0 Å². The van der Waals surface area contributed by atoms with Crippen molar-refractivity contribution >= 4 is 17.4 Å². The summed E-state index contributed by atoms with van der Waals surface area (Å²) in [7, 11) is 1.48. The van der Waals surface area contributed by atoms with E-state index in [4.69, 9.17) is 5.26 Å². The molecule has 110 valence electrons. The van der Waals surface area contributed by atoms with Gasteiger partial charge in [-0.1, -0.05) is 6.07 Å². The molecule has 1 aromatic carbocycles. The van der Waals surface area contributed by atoms with E-state index in [1.54, 1.807) is 12.1 Å². The van der Waals surface area contributed by atoms with Gasteiger partial charge in [0.15, 0.2) is 5.82 Å². The van der Waals surface area contributed by atoms with E-state index < -0.39 is 10.8 Å². The van der Waals surface area contributed by atoms with E-state index in [1.165, 1.54) is 43.3 Å². The van der Waals surface area contributed by atoms with Gasteiger partial charge in [-0.05, 0) is 25.1 Å². The largest absolute Gasteiger partial charge is 0.295 e. The monoisotopic (exact) mass is 296 g/mol. The van der Waals surface area contributed by atoms with Gasteiger partial charge in [-0.2, -0.15) is 5.26 Å². The molecule has 0 radical (unpaired) electrons. The molecule has 2 rings (SSSR count). The van der Waals surface area contributed by atoms with Gasteiger partial charge in [-0.25, -0.2) is 4.98 Å². The van der Waals surface area contributed by atoms with E-state index in [-0.39, 0.29) is 28.2 Å². The molecule has 0 spiro atoms. The van der Waals surface area contributed by atoms with Gasteiger partial charge in [0.05, 0.1) is 10.5 Å². The maximum absolute atomic E-state index is 12.6. The predicted octanol–water partition coefficient (Wildman–Crippen LogP) is 2.45. The van der Waals surface area contributed by atoms with Gasteiger partial charge in [0.25, 0.3) is 11.6 Å². The minimum absolute atomic E-state index is 0.124. The number of pyridine rings is 1. The molecule has 0 fully saturated rings. The first kappa shape index (κ1) is 15.1. The topological polar surface area (TPSA) is 100 Å². The Bertz CT molecular complexity index is 796. The molecule has 0 atom stereocenters. The molecule has 2 aromatic rings. The summed E-state index contributed by atoms with van der Waals surface area (Å²) in [4.78, 5) is 28.2. The highest BCUT2D eigenvalue weighted by Crippen LogP contribution is 2.24. The van der Waals surface area contributed by atoms with Gasteiger partial charge >= 0.3 is 0 Å². The lowest BCUT2D eigenvalue weighted by Crippen LogP contribution is -2.28. The molecule has 0 aliphatic rings. The summed E-state index contributed by atoms with van der Waals surface area (Å²) >= 11 is 0. The van der Waals surface area contributed by atoms with Crippen molar-refractivity contribution in [2.24, 2.45) is 0 Å². The van der Waals surface area contributed by atoms with Crippen LogP contribution in [0.2, 0.25) is 0 Å². The molecular formula is C15H12N4O3. The molecule has 0 aliphatic carbocycles. The van der Waals surface area contributed by atoms with Gasteiger partial charge in [0.1, 0.15) is 6.07 Å². The van der Waals surface area contributed by atoms with Gasteiger partial charge < -0.3 is 0 Å². The molecule has 0 bridgehead atoms. The molecule has 7 nitrogen and oxygen atoms in total. The van der Waals surface area contributed by atoms with Gasteiger partial charge in [-0.15, -0.1) is 0 Å². The summed E-state index contributed by atoms with van der Waals surface area (Å²) < 4.78 is 0. The molecule has 0 saturated carbocycles. The number of hydrogen-bond donors (Lipinski definition) is 0. The number of aromatic nitrogens is 1. The maximum Gasteiger partial charge on any atom is 0.273 e. The average molecular weight is 296 g/mol. The zero-order valence-electron chi connectivity index (χ0n) is 12.0. The number of nitro benzene ring substituents is 1. The summed E-state index contributed by atoms with van der Waals surface area (Å²) in [5.41, 5.74) is 0.604. The first-order valence-electron chi connectivity index (χ1n) is 6.34. The Morgan fingerprint density at radius 2 is 2.09 bits per heavy atom. The van der Waals surface area contributed by atoms with E-state index in [0.29, 0.717) is 0 Å². The smallest absolute Gasteiger partial charge is 0.273 e. The number of hydrogen-bond acceptors (Lipinski definition) is 5. The van der Waals surface area contributed by atoms with E-state index in [9.17, 15) is 14.9 Å². The zero-order valence-corrected chi connectivity index (χ0v) is 12.0. The molecule has 0 aliphatic heterocycles. The van der Waals surface area contributed by atoms with Gasteiger partial charge in [-0.3, -0.25) is 19.8 Å². The van der Waals surface area contributed by atoms with Crippen molar-refractivity contribution < 1.29 is 9.72 Å². The van der Waals surface area contributed by atoms with Crippen molar-refractivity contribution in [3.63, 3.8) is 0 Å². The van der Waals surface area contributed by atoms with Crippen LogP contribution in [0.4, 0.5) is 11.5 Å². The standard InChI is InChI=1S/C15H12N4O3/c1-10-12(6-3-7-13(10)19(21)22)15(20)18(2)14-11(9-16)5-4-8-17-14/h3-8H,1-2H3. The molecule has 7 heteroatoms. The lowest BCUT2D eigenvalue weighted by atomic mass is 10.1. The van der Waals surface area contributed by atoms with Gasteiger partial charge in [0.2, 0.25) is 0 Å². The Hall–Kier alpha value is -3.27. The molecule has 1 aromatic heterocycles. The minimum Gasteiger partial charge on any atom is -0.295 e. The Balaban J connectivity index is 2.47. The molecule has 0 N–H and O–H groups in total. The number of nitrogens with zero attached hydrogens (tertiary/aromatic N) is 4. The molecule has 22 heavy (non-hydrogen) atoms. The third-order valence-corrected chi connectivity index (χ3v) is 3.26. The summed E-state index contributed by atoms with van der Waals surface area (Å²) in [5.74, 6) is -0.252. The van der Waals surface area contributed by atoms with Crippen molar-refractivity contribution in [2.75, 3.05) is 11.9 Å². The fourth-order valence-electron chi connectivity index (χ4n) is 2.08. The SMILES string of the molecule is Cc1c(C(=O)N(C)c2ncccc2C#N)cccc1[N+](=O)[O-]. The lowest BCUT2D eigenvalue weighted by molar-refractivity contribution is -0.385. The van der Waals surface area contributed by atoms with Crippen molar-refractivity contribution in [1.29, 1.82) is 5.26 Å². The summed E-state index contributed by atoms with van der Waals surface area (Å²) in [6, 6.07) is 9.41. The number of carbonyl (C=O) groups excluding carboxylic acids is 1. The Labute approximate surface area is 126 Å². The number of rotatable bonds is 3. The van der Waals surface area contributed by atoms with Crippen LogP contribution in [0.25, 0.3) is 0 Å². The van der Waals surface area contributed by atoms with Crippen molar-refractivity contribution in [3.8, 4) is 6.07 Å². The predicted molar refractivity (Wildman–Crippen MR) is 79.5 cm³/mol. The number of nitriles is 1. The second-order valence-corrected chi connectivity index (χ2v) is 4.56. The van der Waals surface area contributed by atoms with Crippen LogP contribution in [0, 0.1) is 28.4 Å². The van der Waals surface area contributed by atoms with Crippen LogP contribution in [0.3, 0.4) is 0 Å². The first-order chi connectivity index (χ1) is 10.5. The summed E-state index contributed by atoms with van der Waals surface area (Å²) in [6.45, 7) is 1.52. The van der Waals surface area contributed by atoms with Crippen LogP contribution in [0.1, 0.15) is 21.5 Å².